The van der Waals surface area contributed by atoms with E-state index in [1.165, 1.54) is 5.75 Å². The van der Waals surface area contributed by atoms with Crippen LogP contribution in [0.25, 0.3) is 0 Å². The molecular weight excluding hydrogens is 264 g/mol. The van der Waals surface area contributed by atoms with E-state index in [0.29, 0.717) is 12.0 Å². The molecule has 1 unspecified atom stereocenters. The molecule has 0 aromatic carbocycles. The van der Waals surface area contributed by atoms with Gasteiger partial charge in [-0.05, 0) is 31.3 Å². The summed E-state index contributed by atoms with van der Waals surface area (Å²) in [5.74, 6) is 1.54. The van der Waals surface area contributed by atoms with Crippen molar-refractivity contribution < 1.29 is 5.11 Å². The highest BCUT2D eigenvalue weighted by Crippen LogP contribution is 2.31. The quantitative estimate of drug-likeness (QED) is 0.835. The highest BCUT2D eigenvalue weighted by Gasteiger charge is 2.18. The van der Waals surface area contributed by atoms with E-state index in [2.05, 4.69) is 44.0 Å². The Labute approximate surface area is 119 Å². The van der Waals surface area contributed by atoms with Gasteiger partial charge in [-0.15, -0.1) is 0 Å². The molecule has 0 amide bonds. The van der Waals surface area contributed by atoms with Gasteiger partial charge in [-0.25, -0.2) is 4.98 Å². The normalized spacial score (nSPS) is 13.1. The molecule has 0 aliphatic carbocycles. The maximum absolute atomic E-state index is 9.39. The highest BCUT2D eigenvalue weighted by atomic mass is 32.2. The smallest absolute Gasteiger partial charge is 0.185 e. The molecule has 104 valence electrons. The van der Waals surface area contributed by atoms with E-state index in [-0.39, 0.29) is 6.61 Å². The Morgan fingerprint density at radius 3 is 2.50 bits per heavy atom. The molecule has 1 N–H and O–H groups in total. The van der Waals surface area contributed by atoms with Crippen LogP contribution < -0.4 is 4.90 Å². The van der Waals surface area contributed by atoms with Crippen molar-refractivity contribution >= 4 is 28.2 Å². The van der Waals surface area contributed by atoms with Crippen LogP contribution in [0.5, 0.6) is 0 Å². The van der Waals surface area contributed by atoms with E-state index in [0.717, 1.165) is 22.1 Å². The van der Waals surface area contributed by atoms with Gasteiger partial charge in [-0.1, -0.05) is 25.2 Å². The van der Waals surface area contributed by atoms with Crippen molar-refractivity contribution in [2.45, 2.75) is 45.8 Å². The van der Waals surface area contributed by atoms with Gasteiger partial charge in [-0.3, -0.25) is 0 Å². The summed E-state index contributed by atoms with van der Waals surface area (Å²) in [5, 5.41) is 10.4. The molecule has 1 atom stereocenters. The number of thiazole rings is 1. The molecule has 0 radical (unpaired) electrons. The molecule has 0 bridgehead atoms. The van der Waals surface area contributed by atoms with E-state index >= 15 is 0 Å². The number of aromatic nitrogens is 1. The Kier molecular flexibility index (Phi) is 6.46. The molecule has 0 fully saturated rings. The van der Waals surface area contributed by atoms with Gasteiger partial charge in [0.05, 0.1) is 17.2 Å². The first-order chi connectivity index (χ1) is 8.51. The Morgan fingerprint density at radius 2 is 2.06 bits per heavy atom. The molecule has 0 saturated carbocycles. The fraction of sp³-hybridized carbons (Fsp3) is 0.769. The zero-order chi connectivity index (χ0) is 13.7. The molecule has 1 aromatic rings. The fourth-order valence-electron chi connectivity index (χ4n) is 1.74. The number of nitrogens with zero attached hydrogens (tertiary/aromatic N) is 2. The molecular formula is C13H24N2OS2. The SMILES string of the molecule is CSCCC(C)N(C)c1nc(C(C)C)c(CO)s1. The zero-order valence-corrected chi connectivity index (χ0v) is 13.6. The van der Waals surface area contributed by atoms with Crippen LogP contribution in [0.15, 0.2) is 0 Å². The first-order valence-electron chi connectivity index (χ1n) is 6.33. The molecule has 0 aliphatic heterocycles. The average Bonchev–Trinajstić information content (AvgIpc) is 2.79. The van der Waals surface area contributed by atoms with Gasteiger partial charge in [0.1, 0.15) is 0 Å². The molecule has 0 saturated heterocycles. The van der Waals surface area contributed by atoms with E-state index in [1.807, 2.05) is 11.8 Å². The van der Waals surface area contributed by atoms with Gasteiger partial charge in [0.15, 0.2) is 5.13 Å². The molecule has 0 spiro atoms. The number of aliphatic hydroxyl groups excluding tert-OH is 1. The third kappa shape index (κ3) is 3.87. The lowest BCUT2D eigenvalue weighted by atomic mass is 10.1. The molecule has 0 aliphatic rings. The molecule has 1 heterocycles. The van der Waals surface area contributed by atoms with Gasteiger partial charge in [0, 0.05) is 13.1 Å². The number of anilines is 1. The van der Waals surface area contributed by atoms with Crippen LogP contribution in [0.2, 0.25) is 0 Å². The fourth-order valence-corrected chi connectivity index (χ4v) is 3.45. The lowest BCUT2D eigenvalue weighted by molar-refractivity contribution is 0.283. The highest BCUT2D eigenvalue weighted by molar-refractivity contribution is 7.98. The summed E-state index contributed by atoms with van der Waals surface area (Å²) >= 11 is 3.49. The third-order valence-corrected chi connectivity index (χ3v) is 4.90. The summed E-state index contributed by atoms with van der Waals surface area (Å²) in [4.78, 5) is 7.92. The van der Waals surface area contributed by atoms with Crippen molar-refractivity contribution in [1.29, 1.82) is 0 Å². The van der Waals surface area contributed by atoms with Crippen LogP contribution in [0.4, 0.5) is 5.13 Å². The minimum Gasteiger partial charge on any atom is -0.391 e. The maximum atomic E-state index is 9.39. The number of thioether (sulfide) groups is 1. The van der Waals surface area contributed by atoms with E-state index in [9.17, 15) is 5.11 Å². The lowest BCUT2D eigenvalue weighted by Crippen LogP contribution is -2.29. The lowest BCUT2D eigenvalue weighted by Gasteiger charge is -2.24. The van der Waals surface area contributed by atoms with Crippen LogP contribution in [-0.4, -0.2) is 35.2 Å². The van der Waals surface area contributed by atoms with Crippen LogP contribution in [0, 0.1) is 0 Å². The van der Waals surface area contributed by atoms with Crippen molar-refractivity contribution in [1.82, 2.24) is 4.98 Å². The molecule has 3 nitrogen and oxygen atoms in total. The van der Waals surface area contributed by atoms with Gasteiger partial charge in [0.2, 0.25) is 0 Å². The first-order valence-corrected chi connectivity index (χ1v) is 8.54. The maximum Gasteiger partial charge on any atom is 0.185 e. The van der Waals surface area contributed by atoms with E-state index in [1.54, 1.807) is 11.3 Å². The summed E-state index contributed by atoms with van der Waals surface area (Å²) in [7, 11) is 2.09. The van der Waals surface area contributed by atoms with Crippen molar-refractivity contribution in [3.63, 3.8) is 0 Å². The molecule has 1 rings (SSSR count). The second-order valence-corrected chi connectivity index (χ2v) is 6.91. The number of hydrogen-bond acceptors (Lipinski definition) is 5. The summed E-state index contributed by atoms with van der Waals surface area (Å²) < 4.78 is 0. The van der Waals surface area contributed by atoms with E-state index in [4.69, 9.17) is 0 Å². The predicted molar refractivity (Wildman–Crippen MR) is 83.0 cm³/mol. The minimum atomic E-state index is 0.0954. The van der Waals surface area contributed by atoms with Crippen molar-refractivity contribution in [3.8, 4) is 0 Å². The van der Waals surface area contributed by atoms with Crippen molar-refractivity contribution in [3.05, 3.63) is 10.6 Å². The van der Waals surface area contributed by atoms with Gasteiger partial charge < -0.3 is 10.0 Å². The van der Waals surface area contributed by atoms with Crippen LogP contribution in [0.3, 0.4) is 0 Å². The first kappa shape index (κ1) is 15.8. The Balaban J connectivity index is 2.82. The van der Waals surface area contributed by atoms with Crippen LogP contribution in [-0.2, 0) is 6.61 Å². The topological polar surface area (TPSA) is 36.4 Å². The van der Waals surface area contributed by atoms with E-state index < -0.39 is 0 Å². The average molecular weight is 288 g/mol. The summed E-state index contributed by atoms with van der Waals surface area (Å²) in [5.41, 5.74) is 1.04. The molecule has 1 aromatic heterocycles. The second kappa shape index (κ2) is 7.36. The third-order valence-electron chi connectivity index (χ3n) is 3.11. The standard InChI is InChI=1S/C13H24N2OS2/c1-9(2)12-11(8-16)18-13(14-12)15(4)10(3)6-7-17-5/h9-10,16H,6-8H2,1-5H3. The molecule has 5 heteroatoms. The second-order valence-electron chi connectivity index (χ2n) is 4.86. The Morgan fingerprint density at radius 1 is 1.39 bits per heavy atom. The monoisotopic (exact) mass is 288 g/mol. The number of hydrogen-bond donors (Lipinski definition) is 1. The molecule has 18 heavy (non-hydrogen) atoms. The minimum absolute atomic E-state index is 0.0954. The van der Waals surface area contributed by atoms with Crippen LogP contribution >= 0.6 is 23.1 Å². The summed E-state index contributed by atoms with van der Waals surface area (Å²) in [6.45, 7) is 6.56. The number of aliphatic hydroxyl groups is 1. The number of rotatable bonds is 7. The van der Waals surface area contributed by atoms with Crippen molar-refractivity contribution in [2.24, 2.45) is 0 Å². The predicted octanol–water partition coefficient (Wildman–Crippen LogP) is 3.34. The van der Waals surface area contributed by atoms with Gasteiger partial charge in [0.25, 0.3) is 0 Å². The summed E-state index contributed by atoms with van der Waals surface area (Å²) in [6.07, 6.45) is 3.29. The Bertz CT molecular complexity index is 366. The van der Waals surface area contributed by atoms with Gasteiger partial charge in [-0.2, -0.15) is 11.8 Å². The largest absolute Gasteiger partial charge is 0.391 e. The Hall–Kier alpha value is -0.260. The zero-order valence-electron chi connectivity index (χ0n) is 11.9. The van der Waals surface area contributed by atoms with Gasteiger partial charge >= 0.3 is 0 Å². The summed E-state index contributed by atoms with van der Waals surface area (Å²) in [6, 6.07) is 0.482. The van der Waals surface area contributed by atoms with Crippen molar-refractivity contribution in [2.75, 3.05) is 24.0 Å². The van der Waals surface area contributed by atoms with Crippen LogP contribution in [0.1, 0.15) is 43.7 Å².